The van der Waals surface area contributed by atoms with Crippen LogP contribution in [0.2, 0.25) is 0 Å². The molecule has 0 aromatic heterocycles. The first-order chi connectivity index (χ1) is 9.10. The third-order valence-corrected chi connectivity index (χ3v) is 3.93. The van der Waals surface area contributed by atoms with Crippen molar-refractivity contribution >= 4 is 11.9 Å². The van der Waals surface area contributed by atoms with E-state index >= 15 is 0 Å². The van der Waals surface area contributed by atoms with Crippen LogP contribution < -0.4 is 10.6 Å². The molecule has 1 atom stereocenters. The second-order valence-corrected chi connectivity index (χ2v) is 5.38. The van der Waals surface area contributed by atoms with E-state index in [4.69, 9.17) is 0 Å². The fourth-order valence-electron chi connectivity index (χ4n) is 2.30. The normalized spacial score (nSPS) is 22.8. The van der Waals surface area contributed by atoms with Gasteiger partial charge in [-0.2, -0.15) is 0 Å². The van der Waals surface area contributed by atoms with E-state index in [0.717, 1.165) is 45.6 Å². The average Bonchev–Trinajstić information content (AvgIpc) is 3.21. The molecule has 1 aliphatic carbocycles. The summed E-state index contributed by atoms with van der Waals surface area (Å²) < 4.78 is 0. The van der Waals surface area contributed by atoms with E-state index in [9.17, 15) is 9.59 Å². The quantitative estimate of drug-likeness (QED) is 0.753. The summed E-state index contributed by atoms with van der Waals surface area (Å²) in [6.45, 7) is 8.80. The Kier molecular flexibility index (Phi) is 4.76. The first-order valence-electron chi connectivity index (χ1n) is 7.18. The second kappa shape index (κ2) is 6.34. The summed E-state index contributed by atoms with van der Waals surface area (Å²) in [7, 11) is 0. The Morgan fingerprint density at radius 2 is 1.84 bits per heavy atom. The van der Waals surface area contributed by atoms with Crippen molar-refractivity contribution in [1.82, 2.24) is 20.4 Å². The van der Waals surface area contributed by atoms with Crippen LogP contribution >= 0.6 is 0 Å². The fraction of sp³-hybridized carbons (Fsp3) is 0.846. The summed E-state index contributed by atoms with van der Waals surface area (Å²) in [4.78, 5) is 28.0. The van der Waals surface area contributed by atoms with Crippen molar-refractivity contribution < 1.29 is 9.59 Å². The van der Waals surface area contributed by atoms with Gasteiger partial charge >= 0.3 is 6.03 Å². The van der Waals surface area contributed by atoms with Crippen molar-refractivity contribution in [2.45, 2.75) is 38.8 Å². The highest BCUT2D eigenvalue weighted by Gasteiger charge is 2.28. The zero-order valence-corrected chi connectivity index (χ0v) is 11.8. The lowest BCUT2D eigenvalue weighted by Gasteiger charge is -2.36. The summed E-state index contributed by atoms with van der Waals surface area (Å²) in [6, 6.07) is -0.327. The molecule has 1 aliphatic heterocycles. The first kappa shape index (κ1) is 14.3. The molecule has 3 amide bonds. The molecule has 0 radical (unpaired) electrons. The Bertz CT molecular complexity index is 336. The molecule has 1 unspecified atom stereocenters. The van der Waals surface area contributed by atoms with Gasteiger partial charge in [0.05, 0.1) is 6.04 Å². The Balaban J connectivity index is 1.73. The highest BCUT2D eigenvalue weighted by Crippen LogP contribution is 2.18. The SMILES string of the molecule is CCN1CCN(C(C)C(=O)NC(=O)NC2CC2)CC1. The number of piperazine rings is 1. The lowest BCUT2D eigenvalue weighted by molar-refractivity contribution is -0.125. The first-order valence-corrected chi connectivity index (χ1v) is 7.18. The predicted octanol–water partition coefficient (Wildman–Crippen LogP) is 0.000600. The van der Waals surface area contributed by atoms with Gasteiger partial charge in [-0.05, 0) is 26.3 Å². The van der Waals surface area contributed by atoms with Crippen molar-refractivity contribution in [2.24, 2.45) is 0 Å². The van der Waals surface area contributed by atoms with Crippen LogP contribution in [0.25, 0.3) is 0 Å². The van der Waals surface area contributed by atoms with Crippen LogP contribution in [-0.2, 0) is 4.79 Å². The molecule has 6 nitrogen and oxygen atoms in total. The number of imide groups is 1. The molecule has 0 aromatic carbocycles. The molecule has 0 spiro atoms. The maximum Gasteiger partial charge on any atom is 0.321 e. The van der Waals surface area contributed by atoms with Gasteiger partial charge in [0.25, 0.3) is 0 Å². The molecule has 19 heavy (non-hydrogen) atoms. The van der Waals surface area contributed by atoms with Crippen molar-refractivity contribution in [1.29, 1.82) is 0 Å². The number of nitrogens with one attached hydrogen (secondary N) is 2. The summed E-state index contributed by atoms with van der Waals surface area (Å²) in [5.41, 5.74) is 0. The van der Waals surface area contributed by atoms with Gasteiger partial charge < -0.3 is 10.2 Å². The van der Waals surface area contributed by atoms with E-state index in [1.165, 1.54) is 0 Å². The van der Waals surface area contributed by atoms with E-state index in [-0.39, 0.29) is 24.0 Å². The van der Waals surface area contributed by atoms with Gasteiger partial charge in [0, 0.05) is 32.2 Å². The minimum absolute atomic E-state index is 0.205. The summed E-state index contributed by atoms with van der Waals surface area (Å²) >= 11 is 0. The predicted molar refractivity (Wildman–Crippen MR) is 72.8 cm³/mol. The topological polar surface area (TPSA) is 64.7 Å². The lowest BCUT2D eigenvalue weighted by atomic mass is 10.2. The van der Waals surface area contributed by atoms with Gasteiger partial charge in [-0.25, -0.2) is 4.79 Å². The zero-order chi connectivity index (χ0) is 13.8. The molecule has 0 bridgehead atoms. The number of hydrogen-bond acceptors (Lipinski definition) is 4. The monoisotopic (exact) mass is 268 g/mol. The van der Waals surface area contributed by atoms with Crippen molar-refractivity contribution in [3.63, 3.8) is 0 Å². The number of carbonyl (C=O) groups excluding carboxylic acids is 2. The number of urea groups is 1. The Morgan fingerprint density at radius 3 is 2.37 bits per heavy atom. The lowest BCUT2D eigenvalue weighted by Crippen LogP contribution is -2.55. The molecule has 6 heteroatoms. The van der Waals surface area contributed by atoms with E-state index < -0.39 is 0 Å². The summed E-state index contributed by atoms with van der Waals surface area (Å²) in [5, 5.41) is 5.19. The van der Waals surface area contributed by atoms with Gasteiger partial charge in [0.1, 0.15) is 0 Å². The highest BCUT2D eigenvalue weighted by atomic mass is 16.2. The second-order valence-electron chi connectivity index (χ2n) is 5.38. The van der Waals surface area contributed by atoms with E-state index in [1.54, 1.807) is 0 Å². The average molecular weight is 268 g/mol. The van der Waals surface area contributed by atoms with Crippen molar-refractivity contribution in [2.75, 3.05) is 32.7 Å². The minimum Gasteiger partial charge on any atom is -0.335 e. The molecule has 1 saturated carbocycles. The molecule has 2 N–H and O–H groups in total. The third kappa shape index (κ3) is 4.18. The number of nitrogens with zero attached hydrogens (tertiary/aromatic N) is 2. The van der Waals surface area contributed by atoms with Crippen molar-refractivity contribution in [3.05, 3.63) is 0 Å². The molecule has 2 rings (SSSR count). The number of hydrogen-bond donors (Lipinski definition) is 2. The molecule has 108 valence electrons. The number of rotatable bonds is 4. The van der Waals surface area contributed by atoms with Crippen LogP contribution in [0.4, 0.5) is 4.79 Å². The summed E-state index contributed by atoms with van der Waals surface area (Å²) in [6.07, 6.45) is 2.05. The molecular formula is C13H24N4O2. The van der Waals surface area contributed by atoms with Crippen LogP contribution in [-0.4, -0.2) is 66.5 Å². The largest absolute Gasteiger partial charge is 0.335 e. The zero-order valence-electron chi connectivity index (χ0n) is 11.8. The number of carbonyl (C=O) groups is 2. The molecule has 0 aromatic rings. The highest BCUT2D eigenvalue weighted by molar-refractivity contribution is 5.96. The minimum atomic E-state index is -0.355. The van der Waals surface area contributed by atoms with Crippen LogP contribution in [0.1, 0.15) is 26.7 Å². The van der Waals surface area contributed by atoms with E-state index in [0.29, 0.717) is 0 Å². The van der Waals surface area contributed by atoms with Gasteiger partial charge in [0.15, 0.2) is 0 Å². The van der Waals surface area contributed by atoms with Crippen LogP contribution in [0.3, 0.4) is 0 Å². The molecule has 1 heterocycles. The third-order valence-electron chi connectivity index (χ3n) is 3.93. The maximum absolute atomic E-state index is 12.0. The maximum atomic E-state index is 12.0. The Labute approximate surface area is 114 Å². The van der Waals surface area contributed by atoms with Crippen LogP contribution in [0.5, 0.6) is 0 Å². The Hall–Kier alpha value is -1.14. The smallest absolute Gasteiger partial charge is 0.321 e. The molecule has 1 saturated heterocycles. The molecule has 2 aliphatic rings. The van der Waals surface area contributed by atoms with Crippen molar-refractivity contribution in [3.8, 4) is 0 Å². The van der Waals surface area contributed by atoms with Crippen LogP contribution in [0.15, 0.2) is 0 Å². The summed E-state index contributed by atoms with van der Waals surface area (Å²) in [5.74, 6) is -0.205. The van der Waals surface area contributed by atoms with Gasteiger partial charge in [-0.3, -0.25) is 15.0 Å². The van der Waals surface area contributed by atoms with E-state index in [1.807, 2.05) is 6.92 Å². The number of likely N-dealkylation sites (N-methyl/N-ethyl adjacent to an activating group) is 1. The fourth-order valence-corrected chi connectivity index (χ4v) is 2.30. The Morgan fingerprint density at radius 1 is 1.21 bits per heavy atom. The van der Waals surface area contributed by atoms with Gasteiger partial charge in [-0.15, -0.1) is 0 Å². The van der Waals surface area contributed by atoms with Crippen LogP contribution in [0, 0.1) is 0 Å². The van der Waals surface area contributed by atoms with E-state index in [2.05, 4.69) is 27.4 Å². The molecular weight excluding hydrogens is 244 g/mol. The van der Waals surface area contributed by atoms with Gasteiger partial charge in [-0.1, -0.05) is 6.92 Å². The molecule has 2 fully saturated rings. The standard InChI is InChI=1S/C13H24N4O2/c1-3-16-6-8-17(9-7-16)10(2)12(18)15-13(19)14-11-4-5-11/h10-11H,3-9H2,1-2H3,(H2,14,15,18,19). The van der Waals surface area contributed by atoms with Gasteiger partial charge in [0.2, 0.25) is 5.91 Å². The number of amides is 3.